The van der Waals surface area contributed by atoms with Gasteiger partial charge >= 0.3 is 0 Å². The summed E-state index contributed by atoms with van der Waals surface area (Å²) >= 11 is 7.20. The van der Waals surface area contributed by atoms with Crippen LogP contribution in [0.1, 0.15) is 79.5 Å². The van der Waals surface area contributed by atoms with Crippen molar-refractivity contribution in [1.82, 2.24) is 0 Å². The number of allylic oxidation sites excluding steroid dienone is 6. The Labute approximate surface area is 274 Å². The smallest absolute Gasteiger partial charge is 0.0208 e. The van der Waals surface area contributed by atoms with Crippen LogP contribution < -0.4 is 0 Å². The average molecular weight is 693 g/mol. The molecule has 0 aliphatic heterocycles. The van der Waals surface area contributed by atoms with E-state index in [2.05, 4.69) is 176 Å². The zero-order valence-electron chi connectivity index (χ0n) is 25.8. The van der Waals surface area contributed by atoms with Gasteiger partial charge in [-0.2, -0.15) is 0 Å². The Bertz CT molecular complexity index is 1680. The number of halogens is 2. The number of hydrogen-bond donors (Lipinski definition) is 0. The first kappa shape index (κ1) is 30.1. The van der Waals surface area contributed by atoms with E-state index in [9.17, 15) is 0 Å². The summed E-state index contributed by atoms with van der Waals surface area (Å²) in [5.74, 6) is 0.365. The van der Waals surface area contributed by atoms with Crippen LogP contribution in [-0.2, 0) is 30.1 Å². The van der Waals surface area contributed by atoms with Crippen molar-refractivity contribution in [3.63, 3.8) is 0 Å². The van der Waals surface area contributed by atoms with E-state index in [-0.39, 0.29) is 10.8 Å². The van der Waals surface area contributed by atoms with Crippen molar-refractivity contribution in [1.29, 1.82) is 0 Å². The Morgan fingerprint density at radius 2 is 1.26 bits per heavy atom. The van der Waals surface area contributed by atoms with Gasteiger partial charge in [0.15, 0.2) is 0 Å². The third-order valence-electron chi connectivity index (χ3n) is 9.02. The largest absolute Gasteiger partial charge is 0.0746 e. The van der Waals surface area contributed by atoms with Gasteiger partial charge in [0.25, 0.3) is 0 Å². The van der Waals surface area contributed by atoms with E-state index in [0.717, 1.165) is 28.2 Å². The molecule has 0 atom stereocenters. The van der Waals surface area contributed by atoms with Crippen LogP contribution >= 0.6 is 31.9 Å². The lowest BCUT2D eigenvalue weighted by molar-refractivity contribution is 0.589. The highest BCUT2D eigenvalue weighted by Crippen LogP contribution is 2.45. The van der Waals surface area contributed by atoms with Gasteiger partial charge in [-0.05, 0) is 105 Å². The normalized spacial score (nSPS) is 14.2. The van der Waals surface area contributed by atoms with Gasteiger partial charge in [-0.3, -0.25) is 0 Å². The number of hydrogen-bond acceptors (Lipinski definition) is 0. The van der Waals surface area contributed by atoms with Crippen LogP contribution in [0.25, 0.3) is 11.1 Å². The second-order valence-electron chi connectivity index (χ2n) is 13.8. The maximum Gasteiger partial charge on any atom is 0.0208 e. The first-order valence-corrected chi connectivity index (χ1v) is 16.9. The van der Waals surface area contributed by atoms with E-state index in [0.29, 0.717) is 5.92 Å². The molecule has 2 aliphatic carbocycles. The molecule has 4 aromatic carbocycles. The second-order valence-corrected chi connectivity index (χ2v) is 15.6. The first-order chi connectivity index (χ1) is 20.5. The van der Waals surface area contributed by atoms with Crippen molar-refractivity contribution in [2.45, 2.75) is 70.6 Å². The third kappa shape index (κ3) is 6.61. The lowest BCUT2D eigenvalue weighted by atomic mass is 9.79. The molecular formula is C41H40Br2. The van der Waals surface area contributed by atoms with Crippen molar-refractivity contribution < 1.29 is 0 Å². The van der Waals surface area contributed by atoms with E-state index < -0.39 is 0 Å². The molecule has 0 nitrogen and oxygen atoms in total. The van der Waals surface area contributed by atoms with Crippen LogP contribution in [0, 0.1) is 0 Å². The van der Waals surface area contributed by atoms with E-state index in [1.54, 1.807) is 0 Å². The number of fused-ring (bicyclic) bond motifs is 3. The van der Waals surface area contributed by atoms with Gasteiger partial charge in [-0.25, -0.2) is 0 Å². The van der Waals surface area contributed by atoms with Gasteiger partial charge in [0, 0.05) is 20.3 Å². The molecular weight excluding hydrogens is 652 g/mol. The van der Waals surface area contributed by atoms with Crippen LogP contribution in [-0.4, -0.2) is 0 Å². The fraction of sp³-hybridized carbons (Fsp3) is 0.268. The lowest BCUT2D eigenvalue weighted by Crippen LogP contribution is -2.16. The standard InChI is InChI=1S/C41H40Br2/c1-40(2,3)33-24-36(30-8-6-7-9-30)38-22-31-14-15-32(23-37(31)39(38)25-33)41(4,5)26-29(20-27-10-16-34(42)17-11-27)21-28-12-18-35(43)19-13-28/h6-19,23-26,30H,20-22H2,1-5H3. The van der Waals surface area contributed by atoms with Crippen molar-refractivity contribution >= 4 is 31.9 Å². The molecule has 0 saturated carbocycles. The molecule has 0 saturated heterocycles. The summed E-state index contributed by atoms with van der Waals surface area (Å²) in [6, 6.07) is 29.7. The molecule has 0 unspecified atom stereocenters. The first-order valence-electron chi connectivity index (χ1n) is 15.3. The fourth-order valence-electron chi connectivity index (χ4n) is 6.56. The maximum atomic E-state index is 3.60. The summed E-state index contributed by atoms with van der Waals surface area (Å²) in [7, 11) is 0. The molecule has 0 spiro atoms. The maximum absolute atomic E-state index is 3.60. The highest BCUT2D eigenvalue weighted by atomic mass is 79.9. The summed E-state index contributed by atoms with van der Waals surface area (Å²) in [6.45, 7) is 11.7. The van der Waals surface area contributed by atoms with E-state index in [1.807, 2.05) is 0 Å². The van der Waals surface area contributed by atoms with Gasteiger partial charge in [0.2, 0.25) is 0 Å². The lowest BCUT2D eigenvalue weighted by Gasteiger charge is -2.25. The minimum atomic E-state index is -0.126. The molecule has 0 N–H and O–H groups in total. The van der Waals surface area contributed by atoms with Crippen molar-refractivity contribution in [2.75, 3.05) is 0 Å². The fourth-order valence-corrected chi connectivity index (χ4v) is 7.09. The minimum absolute atomic E-state index is 0.0904. The van der Waals surface area contributed by atoms with Crippen molar-refractivity contribution in [2.24, 2.45) is 0 Å². The summed E-state index contributed by atoms with van der Waals surface area (Å²) in [5.41, 5.74) is 14.1. The van der Waals surface area contributed by atoms with E-state index in [4.69, 9.17) is 0 Å². The average Bonchev–Trinajstić information content (AvgIpc) is 3.62. The molecule has 0 fully saturated rings. The predicted molar refractivity (Wildman–Crippen MR) is 191 cm³/mol. The highest BCUT2D eigenvalue weighted by molar-refractivity contribution is 9.10. The molecule has 2 heteroatoms. The van der Waals surface area contributed by atoms with Crippen LogP contribution in [0.3, 0.4) is 0 Å². The Balaban J connectivity index is 1.40. The van der Waals surface area contributed by atoms with Gasteiger partial charge in [0.05, 0.1) is 0 Å². The second kappa shape index (κ2) is 11.9. The predicted octanol–water partition coefficient (Wildman–Crippen LogP) is 12.0. The van der Waals surface area contributed by atoms with Gasteiger partial charge < -0.3 is 0 Å². The van der Waals surface area contributed by atoms with Crippen LogP contribution in [0.5, 0.6) is 0 Å². The van der Waals surface area contributed by atoms with E-state index in [1.165, 1.54) is 55.6 Å². The molecule has 0 radical (unpaired) electrons. The highest BCUT2D eigenvalue weighted by Gasteiger charge is 2.29. The number of benzene rings is 4. The molecule has 2 aliphatic rings. The topological polar surface area (TPSA) is 0 Å². The Kier molecular flexibility index (Phi) is 8.31. The SMILES string of the molecule is CC(C)(C)c1cc2c(c(C3C=CC=C3)c1)Cc1ccc(C(C)(C)C=C(Cc3ccc(Br)cc3)Cc3ccc(Br)cc3)cc1-2. The zero-order chi connectivity index (χ0) is 30.4. The molecule has 218 valence electrons. The Morgan fingerprint density at radius 1 is 0.698 bits per heavy atom. The number of rotatable bonds is 7. The molecule has 4 aromatic rings. The summed E-state index contributed by atoms with van der Waals surface area (Å²) in [5, 5.41) is 0. The van der Waals surface area contributed by atoms with Crippen LogP contribution in [0.15, 0.2) is 124 Å². The van der Waals surface area contributed by atoms with E-state index >= 15 is 0 Å². The molecule has 6 rings (SSSR count). The van der Waals surface area contributed by atoms with Crippen molar-refractivity contribution in [3.8, 4) is 11.1 Å². The van der Waals surface area contributed by atoms with Gasteiger partial charge in [0.1, 0.15) is 0 Å². The molecule has 0 heterocycles. The molecule has 0 amide bonds. The quantitative estimate of drug-likeness (QED) is 0.149. The zero-order valence-corrected chi connectivity index (χ0v) is 29.0. The molecule has 0 bridgehead atoms. The minimum Gasteiger partial charge on any atom is -0.0746 e. The van der Waals surface area contributed by atoms with Crippen LogP contribution in [0.2, 0.25) is 0 Å². The monoisotopic (exact) mass is 690 g/mol. The summed E-state index contributed by atoms with van der Waals surface area (Å²) in [4.78, 5) is 0. The summed E-state index contributed by atoms with van der Waals surface area (Å²) in [6.07, 6.45) is 14.5. The Morgan fingerprint density at radius 3 is 1.81 bits per heavy atom. The van der Waals surface area contributed by atoms with Crippen molar-refractivity contribution in [3.05, 3.63) is 163 Å². The summed E-state index contributed by atoms with van der Waals surface area (Å²) < 4.78 is 2.23. The molecule has 0 aromatic heterocycles. The van der Waals surface area contributed by atoms with Crippen LogP contribution in [0.4, 0.5) is 0 Å². The third-order valence-corrected chi connectivity index (χ3v) is 10.1. The van der Waals surface area contributed by atoms with Gasteiger partial charge in [-0.15, -0.1) is 0 Å². The Hall–Kier alpha value is -2.94. The molecule has 43 heavy (non-hydrogen) atoms. The van der Waals surface area contributed by atoms with Gasteiger partial charge in [-0.1, -0.05) is 151 Å².